The number of hydrogen-bond donors (Lipinski definition) is 0. The van der Waals surface area contributed by atoms with Crippen LogP contribution in [-0.4, -0.2) is 20.5 Å². The molecule has 0 saturated heterocycles. The number of halogens is 2. The van der Waals surface area contributed by atoms with Gasteiger partial charge in [-0.05, 0) is 66.4 Å². The van der Waals surface area contributed by atoms with E-state index in [4.69, 9.17) is 13.6 Å². The Kier molecular flexibility index (Phi) is 7.01. The first-order valence-electron chi connectivity index (χ1n) is 12.8. The zero-order valence-corrected chi connectivity index (χ0v) is 21.3. The van der Waals surface area contributed by atoms with Crippen molar-refractivity contribution in [2.75, 3.05) is 0 Å². The molecule has 40 heavy (non-hydrogen) atoms. The number of nitrogens with zero attached hydrogens (tertiary/aromatic N) is 4. The highest BCUT2D eigenvalue weighted by Crippen LogP contribution is 2.46. The van der Waals surface area contributed by atoms with Crippen LogP contribution in [0.3, 0.4) is 0 Å². The zero-order chi connectivity index (χ0) is 27.4. The molecule has 0 spiro atoms. The maximum atomic E-state index is 13.8. The Morgan fingerprint density at radius 3 is 2.25 bits per heavy atom. The lowest BCUT2D eigenvalue weighted by molar-refractivity contribution is 0.247. The van der Waals surface area contributed by atoms with Crippen molar-refractivity contribution in [3.05, 3.63) is 144 Å². The smallest absolute Gasteiger partial charge is 0.167 e. The number of pyridine rings is 1. The van der Waals surface area contributed by atoms with E-state index in [0.717, 1.165) is 11.1 Å². The predicted octanol–water partition coefficient (Wildman–Crippen LogP) is 6.74. The van der Waals surface area contributed by atoms with Gasteiger partial charge in [-0.3, -0.25) is 4.98 Å². The van der Waals surface area contributed by atoms with Gasteiger partial charge in [0.15, 0.2) is 5.76 Å². The van der Waals surface area contributed by atoms with Crippen LogP contribution in [0.5, 0.6) is 0 Å². The van der Waals surface area contributed by atoms with Crippen LogP contribution in [0.15, 0.2) is 117 Å². The Morgan fingerprint density at radius 2 is 1.57 bits per heavy atom. The largest absolute Gasteiger partial charge is 0.365 e. The minimum absolute atomic E-state index is 0.315. The van der Waals surface area contributed by atoms with Crippen LogP contribution in [0.4, 0.5) is 8.78 Å². The SMILES string of the molecule is Fc1ccc(CC(c2ccno2)C(Cc2cccnc2)(Cc2ccon2)c2cc(-c3ccc(F)cc3)on2)cc1. The van der Waals surface area contributed by atoms with E-state index in [1.54, 1.807) is 36.7 Å². The summed E-state index contributed by atoms with van der Waals surface area (Å²) in [5.41, 5.74) is 3.09. The van der Waals surface area contributed by atoms with Gasteiger partial charge < -0.3 is 13.6 Å². The molecule has 4 heterocycles. The fourth-order valence-corrected chi connectivity index (χ4v) is 5.28. The molecule has 7 nitrogen and oxygen atoms in total. The Balaban J connectivity index is 1.55. The molecule has 4 aromatic heterocycles. The molecule has 0 aliphatic heterocycles. The summed E-state index contributed by atoms with van der Waals surface area (Å²) in [6.45, 7) is 0. The monoisotopic (exact) mass is 538 g/mol. The summed E-state index contributed by atoms with van der Waals surface area (Å²) in [5, 5.41) is 12.8. The molecule has 0 N–H and O–H groups in total. The number of hydrogen-bond acceptors (Lipinski definition) is 7. The van der Waals surface area contributed by atoms with Crippen LogP contribution in [-0.2, 0) is 24.7 Å². The van der Waals surface area contributed by atoms with Gasteiger partial charge in [0.05, 0.1) is 17.6 Å². The Morgan fingerprint density at radius 1 is 0.775 bits per heavy atom. The van der Waals surface area contributed by atoms with E-state index < -0.39 is 5.41 Å². The van der Waals surface area contributed by atoms with Crippen molar-refractivity contribution in [3.8, 4) is 11.3 Å². The predicted molar refractivity (Wildman–Crippen MR) is 141 cm³/mol. The number of benzene rings is 2. The van der Waals surface area contributed by atoms with E-state index in [1.165, 1.54) is 30.5 Å². The van der Waals surface area contributed by atoms with E-state index >= 15 is 0 Å². The first-order chi connectivity index (χ1) is 19.6. The van der Waals surface area contributed by atoms with Crippen molar-refractivity contribution in [1.29, 1.82) is 0 Å². The molecular weight excluding hydrogens is 514 g/mol. The second-order valence-corrected chi connectivity index (χ2v) is 9.74. The number of rotatable bonds is 10. The average Bonchev–Trinajstić information content (AvgIpc) is 3.77. The molecule has 2 unspecified atom stereocenters. The molecule has 6 aromatic rings. The van der Waals surface area contributed by atoms with Gasteiger partial charge >= 0.3 is 0 Å². The molecule has 2 aromatic carbocycles. The van der Waals surface area contributed by atoms with Crippen LogP contribution in [0.1, 0.15) is 34.2 Å². The Bertz CT molecular complexity index is 1640. The third-order valence-electron chi connectivity index (χ3n) is 7.20. The number of aromatic nitrogens is 4. The highest BCUT2D eigenvalue weighted by atomic mass is 19.1. The van der Waals surface area contributed by atoms with Gasteiger partial charge in [-0.25, -0.2) is 8.78 Å². The summed E-state index contributed by atoms with van der Waals surface area (Å²) < 4.78 is 44.3. The fourth-order valence-electron chi connectivity index (χ4n) is 5.28. The summed E-state index contributed by atoms with van der Waals surface area (Å²) in [7, 11) is 0. The molecule has 0 aliphatic carbocycles. The van der Waals surface area contributed by atoms with E-state index in [9.17, 15) is 8.78 Å². The highest BCUT2D eigenvalue weighted by Gasteiger charge is 2.46. The molecule has 200 valence electrons. The standard InChI is InChI=1S/C31H24F2N4O3/c32-24-7-3-21(4-8-24)16-27(28-11-14-35-39-28)31(19-26-12-15-38-36-26,18-22-2-1-13-34-20-22)30-17-29(40-37-30)23-5-9-25(33)10-6-23/h1-15,17,20,27H,16,18-19H2. The van der Waals surface area contributed by atoms with Gasteiger partial charge in [0.2, 0.25) is 0 Å². The quantitative estimate of drug-likeness (QED) is 0.191. The average molecular weight is 539 g/mol. The second-order valence-electron chi connectivity index (χ2n) is 9.74. The van der Waals surface area contributed by atoms with Crippen molar-refractivity contribution in [1.82, 2.24) is 20.5 Å². The molecule has 9 heteroatoms. The van der Waals surface area contributed by atoms with Gasteiger partial charge in [-0.1, -0.05) is 33.7 Å². The van der Waals surface area contributed by atoms with Crippen molar-refractivity contribution in [3.63, 3.8) is 0 Å². The summed E-state index contributed by atoms with van der Waals surface area (Å²) in [6.07, 6.45) is 8.03. The summed E-state index contributed by atoms with van der Waals surface area (Å²) in [4.78, 5) is 4.35. The van der Waals surface area contributed by atoms with Crippen LogP contribution in [0.25, 0.3) is 11.3 Å². The van der Waals surface area contributed by atoms with Crippen molar-refractivity contribution in [2.45, 2.75) is 30.6 Å². The lowest BCUT2D eigenvalue weighted by Crippen LogP contribution is -2.40. The first kappa shape index (κ1) is 25.4. The van der Waals surface area contributed by atoms with Crippen molar-refractivity contribution in [2.24, 2.45) is 0 Å². The minimum atomic E-state index is -0.810. The minimum Gasteiger partial charge on any atom is -0.365 e. The van der Waals surface area contributed by atoms with Crippen LogP contribution < -0.4 is 0 Å². The lowest BCUT2D eigenvalue weighted by Gasteiger charge is -2.38. The van der Waals surface area contributed by atoms with E-state index in [2.05, 4.69) is 20.5 Å². The maximum Gasteiger partial charge on any atom is 0.167 e. The van der Waals surface area contributed by atoms with Crippen LogP contribution in [0.2, 0.25) is 0 Å². The lowest BCUT2D eigenvalue weighted by atomic mass is 9.63. The summed E-state index contributed by atoms with van der Waals surface area (Å²) >= 11 is 0. The third-order valence-corrected chi connectivity index (χ3v) is 7.20. The Labute approximate surface area is 228 Å². The van der Waals surface area contributed by atoms with Gasteiger partial charge in [-0.2, -0.15) is 0 Å². The first-order valence-corrected chi connectivity index (χ1v) is 12.8. The van der Waals surface area contributed by atoms with E-state index in [0.29, 0.717) is 47.7 Å². The van der Waals surface area contributed by atoms with E-state index in [1.807, 2.05) is 36.5 Å². The van der Waals surface area contributed by atoms with Crippen LogP contribution in [0, 0.1) is 11.6 Å². The molecule has 0 fully saturated rings. The maximum absolute atomic E-state index is 13.8. The fraction of sp³-hybridized carbons (Fsp3) is 0.161. The van der Waals surface area contributed by atoms with Crippen molar-refractivity contribution < 1.29 is 22.4 Å². The normalized spacial score (nSPS) is 13.7. The molecule has 0 saturated carbocycles. The molecule has 2 atom stereocenters. The van der Waals surface area contributed by atoms with Gasteiger partial charge in [0.25, 0.3) is 0 Å². The molecule has 6 rings (SSSR count). The molecule has 0 amide bonds. The summed E-state index contributed by atoms with van der Waals surface area (Å²) in [6, 6.07) is 21.8. The van der Waals surface area contributed by atoms with Gasteiger partial charge in [-0.15, -0.1) is 0 Å². The van der Waals surface area contributed by atoms with Crippen LogP contribution >= 0.6 is 0 Å². The van der Waals surface area contributed by atoms with Gasteiger partial charge in [0, 0.05) is 53.9 Å². The van der Waals surface area contributed by atoms with Crippen molar-refractivity contribution >= 4 is 0 Å². The highest BCUT2D eigenvalue weighted by molar-refractivity contribution is 5.58. The summed E-state index contributed by atoms with van der Waals surface area (Å²) in [5.74, 6) is 0.116. The molecule has 0 bridgehead atoms. The van der Waals surface area contributed by atoms with Gasteiger partial charge in [0.1, 0.15) is 23.7 Å². The Hall–Kier alpha value is -4.92. The molecule has 0 aliphatic rings. The van der Waals surface area contributed by atoms with E-state index in [-0.39, 0.29) is 17.6 Å². The second kappa shape index (κ2) is 11.1. The third kappa shape index (κ3) is 5.31. The molecular formula is C31H24F2N4O3. The molecule has 0 radical (unpaired) electrons. The zero-order valence-electron chi connectivity index (χ0n) is 21.3. The topological polar surface area (TPSA) is 91.0 Å².